The number of ether oxygens (including phenoxy) is 2. The first-order chi connectivity index (χ1) is 8.61. The van der Waals surface area contributed by atoms with Gasteiger partial charge in [0.15, 0.2) is 6.29 Å². The molecule has 0 aliphatic carbocycles. The average Bonchev–Trinajstić information content (AvgIpc) is 2.38. The van der Waals surface area contributed by atoms with Gasteiger partial charge in [-0.05, 0) is 6.42 Å². The van der Waals surface area contributed by atoms with Crippen LogP contribution in [0.1, 0.15) is 32.6 Å². The van der Waals surface area contributed by atoms with E-state index in [9.17, 15) is 15.3 Å². The lowest BCUT2D eigenvalue weighted by Crippen LogP contribution is -2.59. The second-order valence-electron chi connectivity index (χ2n) is 4.63. The van der Waals surface area contributed by atoms with Crippen molar-refractivity contribution in [3.8, 4) is 0 Å². The van der Waals surface area contributed by atoms with Gasteiger partial charge >= 0.3 is 0 Å². The summed E-state index contributed by atoms with van der Waals surface area (Å²) in [5, 5.41) is 37.8. The minimum absolute atomic E-state index is 0.419. The first-order valence-electron chi connectivity index (χ1n) is 6.54. The molecule has 6 heteroatoms. The van der Waals surface area contributed by atoms with Crippen LogP contribution in [-0.2, 0) is 9.47 Å². The quantitative estimate of drug-likeness (QED) is 0.458. The van der Waals surface area contributed by atoms with E-state index in [0.717, 1.165) is 25.7 Å². The Balaban J connectivity index is 2.35. The number of hydrogen-bond donors (Lipinski definition) is 4. The van der Waals surface area contributed by atoms with Crippen LogP contribution >= 0.6 is 0 Å². The number of aliphatic hydroxyl groups is 4. The molecule has 1 aliphatic heterocycles. The summed E-state index contributed by atoms with van der Waals surface area (Å²) >= 11 is 0. The Morgan fingerprint density at radius 1 is 1.00 bits per heavy atom. The lowest BCUT2D eigenvalue weighted by Gasteiger charge is -2.39. The van der Waals surface area contributed by atoms with Crippen LogP contribution in [0.3, 0.4) is 0 Å². The molecular formula is C12H24O6. The van der Waals surface area contributed by atoms with Crippen LogP contribution in [0.15, 0.2) is 0 Å². The van der Waals surface area contributed by atoms with Crippen molar-refractivity contribution in [1.29, 1.82) is 0 Å². The molecule has 1 heterocycles. The molecule has 0 bridgehead atoms. The molecule has 1 fully saturated rings. The van der Waals surface area contributed by atoms with E-state index in [0.29, 0.717) is 6.61 Å². The highest BCUT2D eigenvalue weighted by molar-refractivity contribution is 4.88. The second kappa shape index (κ2) is 8.04. The van der Waals surface area contributed by atoms with Crippen molar-refractivity contribution >= 4 is 0 Å². The number of hydrogen-bond acceptors (Lipinski definition) is 6. The minimum atomic E-state index is -1.36. The summed E-state index contributed by atoms with van der Waals surface area (Å²) in [6.07, 6.45) is -1.75. The van der Waals surface area contributed by atoms with E-state index >= 15 is 0 Å². The fourth-order valence-electron chi connectivity index (χ4n) is 1.93. The predicted molar refractivity (Wildman–Crippen MR) is 63.9 cm³/mol. The van der Waals surface area contributed by atoms with Gasteiger partial charge in [-0.25, -0.2) is 0 Å². The van der Waals surface area contributed by atoms with Crippen molar-refractivity contribution in [2.75, 3.05) is 13.2 Å². The van der Waals surface area contributed by atoms with Crippen LogP contribution < -0.4 is 0 Å². The SMILES string of the molecule is CCCCCCO[C@H]1OC(CO)[C@H](O)[C@H](O)C1O. The monoisotopic (exact) mass is 264 g/mol. The lowest BCUT2D eigenvalue weighted by molar-refractivity contribution is -0.301. The largest absolute Gasteiger partial charge is 0.394 e. The molecular weight excluding hydrogens is 240 g/mol. The Hall–Kier alpha value is -0.240. The van der Waals surface area contributed by atoms with Gasteiger partial charge in [0.2, 0.25) is 0 Å². The highest BCUT2D eigenvalue weighted by Crippen LogP contribution is 2.22. The normalized spacial score (nSPS) is 36.8. The maximum absolute atomic E-state index is 9.68. The molecule has 0 spiro atoms. The van der Waals surface area contributed by atoms with Crippen molar-refractivity contribution in [2.24, 2.45) is 0 Å². The van der Waals surface area contributed by atoms with Crippen LogP contribution in [0.25, 0.3) is 0 Å². The Bertz CT molecular complexity index is 223. The highest BCUT2D eigenvalue weighted by atomic mass is 16.7. The van der Waals surface area contributed by atoms with Crippen molar-refractivity contribution in [2.45, 2.75) is 63.3 Å². The standard InChI is InChI=1S/C12H24O6/c1-2-3-4-5-6-17-12-11(16)10(15)9(14)8(7-13)18-12/h8-16H,2-7H2,1H3/t8?,9-,10-,11?,12-/m0/s1. The van der Waals surface area contributed by atoms with E-state index < -0.39 is 37.3 Å². The van der Waals surface area contributed by atoms with E-state index in [2.05, 4.69) is 6.92 Å². The zero-order valence-electron chi connectivity index (χ0n) is 10.7. The summed E-state index contributed by atoms with van der Waals surface area (Å²) in [6.45, 7) is 2.10. The Morgan fingerprint density at radius 2 is 1.72 bits per heavy atom. The van der Waals surface area contributed by atoms with Gasteiger partial charge in [-0.1, -0.05) is 26.2 Å². The van der Waals surface area contributed by atoms with Crippen LogP contribution in [0.5, 0.6) is 0 Å². The van der Waals surface area contributed by atoms with E-state index in [1.807, 2.05) is 0 Å². The maximum atomic E-state index is 9.68. The Morgan fingerprint density at radius 3 is 2.33 bits per heavy atom. The number of rotatable bonds is 7. The summed E-state index contributed by atoms with van der Waals surface area (Å²) in [5.41, 5.74) is 0. The lowest BCUT2D eigenvalue weighted by atomic mass is 9.99. The predicted octanol–water partition coefficient (Wildman–Crippen LogP) is -0.617. The van der Waals surface area contributed by atoms with Crippen molar-refractivity contribution < 1.29 is 29.9 Å². The third-order valence-corrected chi connectivity index (χ3v) is 3.13. The molecule has 4 N–H and O–H groups in total. The minimum Gasteiger partial charge on any atom is -0.394 e. The molecule has 6 nitrogen and oxygen atoms in total. The number of unbranched alkanes of at least 4 members (excludes halogenated alkanes) is 3. The summed E-state index contributed by atoms with van der Waals surface area (Å²) in [6, 6.07) is 0. The molecule has 0 amide bonds. The molecule has 1 aliphatic rings. The van der Waals surface area contributed by atoms with Gasteiger partial charge in [0, 0.05) is 6.61 Å². The maximum Gasteiger partial charge on any atom is 0.186 e. The molecule has 5 atom stereocenters. The van der Waals surface area contributed by atoms with Gasteiger partial charge in [-0.3, -0.25) is 0 Å². The van der Waals surface area contributed by atoms with Gasteiger partial charge in [0.25, 0.3) is 0 Å². The molecule has 0 aromatic carbocycles. The molecule has 0 aromatic heterocycles. The number of aliphatic hydroxyl groups excluding tert-OH is 4. The highest BCUT2D eigenvalue weighted by Gasteiger charge is 2.43. The summed E-state index contributed by atoms with van der Waals surface area (Å²) in [4.78, 5) is 0. The topological polar surface area (TPSA) is 99.4 Å². The van der Waals surface area contributed by atoms with Gasteiger partial charge in [0.05, 0.1) is 6.61 Å². The van der Waals surface area contributed by atoms with E-state index in [1.54, 1.807) is 0 Å². The van der Waals surface area contributed by atoms with Crippen LogP contribution in [0.2, 0.25) is 0 Å². The second-order valence-corrected chi connectivity index (χ2v) is 4.63. The molecule has 108 valence electrons. The first kappa shape index (κ1) is 15.8. The van der Waals surface area contributed by atoms with Gasteiger partial charge < -0.3 is 29.9 Å². The summed E-state index contributed by atoms with van der Waals surface area (Å²) in [5.74, 6) is 0. The van der Waals surface area contributed by atoms with Crippen LogP contribution in [0.4, 0.5) is 0 Å². The molecule has 2 unspecified atom stereocenters. The third-order valence-electron chi connectivity index (χ3n) is 3.13. The molecule has 1 saturated heterocycles. The molecule has 0 aromatic rings. The summed E-state index contributed by atoms with van der Waals surface area (Å²) < 4.78 is 10.5. The Kier molecular flexibility index (Phi) is 7.06. The van der Waals surface area contributed by atoms with Crippen molar-refractivity contribution in [1.82, 2.24) is 0 Å². The van der Waals surface area contributed by atoms with Crippen molar-refractivity contribution in [3.63, 3.8) is 0 Å². The van der Waals surface area contributed by atoms with Gasteiger partial charge in [-0.15, -0.1) is 0 Å². The van der Waals surface area contributed by atoms with Gasteiger partial charge in [0.1, 0.15) is 24.4 Å². The fraction of sp³-hybridized carbons (Fsp3) is 1.00. The molecule has 1 rings (SSSR count). The first-order valence-corrected chi connectivity index (χ1v) is 6.54. The Labute approximate surface area is 107 Å². The smallest absolute Gasteiger partial charge is 0.186 e. The zero-order valence-corrected chi connectivity index (χ0v) is 10.7. The van der Waals surface area contributed by atoms with Gasteiger partial charge in [-0.2, -0.15) is 0 Å². The molecule has 0 radical (unpaired) electrons. The fourth-order valence-corrected chi connectivity index (χ4v) is 1.93. The average molecular weight is 264 g/mol. The van der Waals surface area contributed by atoms with E-state index in [-0.39, 0.29) is 0 Å². The zero-order chi connectivity index (χ0) is 13.5. The van der Waals surface area contributed by atoms with E-state index in [4.69, 9.17) is 14.6 Å². The molecule has 0 saturated carbocycles. The van der Waals surface area contributed by atoms with Crippen molar-refractivity contribution in [3.05, 3.63) is 0 Å². The van der Waals surface area contributed by atoms with E-state index in [1.165, 1.54) is 0 Å². The summed E-state index contributed by atoms with van der Waals surface area (Å²) in [7, 11) is 0. The molecule has 18 heavy (non-hydrogen) atoms. The van der Waals surface area contributed by atoms with Crippen LogP contribution in [-0.4, -0.2) is 64.3 Å². The third kappa shape index (κ3) is 4.15. The van der Waals surface area contributed by atoms with Crippen LogP contribution in [0, 0.1) is 0 Å².